The molecule has 0 aliphatic rings. The summed E-state index contributed by atoms with van der Waals surface area (Å²) >= 11 is 0. The van der Waals surface area contributed by atoms with Crippen molar-refractivity contribution in [1.82, 2.24) is 4.98 Å². The number of alkyl halides is 3. The van der Waals surface area contributed by atoms with Gasteiger partial charge in [0.25, 0.3) is 0 Å². The summed E-state index contributed by atoms with van der Waals surface area (Å²) in [6.45, 7) is 2.27. The van der Waals surface area contributed by atoms with Crippen LogP contribution >= 0.6 is 0 Å². The van der Waals surface area contributed by atoms with Gasteiger partial charge in [-0.2, -0.15) is 0 Å². The second kappa shape index (κ2) is 7.13. The molecule has 0 bridgehead atoms. The number of likely N-dealkylation sites (N-methyl/N-ethyl adjacent to an activating group) is 1. The van der Waals surface area contributed by atoms with Crippen LogP contribution < -0.4 is 9.64 Å². The molecule has 0 saturated carbocycles. The molecule has 0 N–H and O–H groups in total. The number of anilines is 1. The van der Waals surface area contributed by atoms with Gasteiger partial charge in [-0.15, -0.1) is 13.2 Å². The highest BCUT2D eigenvalue weighted by molar-refractivity contribution is 5.94. The molecule has 0 radical (unpaired) electrons. The van der Waals surface area contributed by atoms with Gasteiger partial charge < -0.3 is 9.64 Å². The van der Waals surface area contributed by atoms with Gasteiger partial charge in [0.15, 0.2) is 0 Å². The first-order chi connectivity index (χ1) is 10.9. The minimum absolute atomic E-state index is 0.0226. The van der Waals surface area contributed by atoms with Crippen molar-refractivity contribution in [1.29, 1.82) is 0 Å². The van der Waals surface area contributed by atoms with E-state index in [1.165, 1.54) is 18.2 Å². The third-order valence-electron chi connectivity index (χ3n) is 3.08. The van der Waals surface area contributed by atoms with Gasteiger partial charge in [0.1, 0.15) is 5.75 Å². The average molecular weight is 324 g/mol. The van der Waals surface area contributed by atoms with E-state index in [-0.39, 0.29) is 18.1 Å². The summed E-state index contributed by atoms with van der Waals surface area (Å²) in [6.07, 6.45) is -1.63. The SMILES string of the molecule is CCN(C(=O)Cc1cccc(OC(F)(F)F)c1)c1ccncc1. The van der Waals surface area contributed by atoms with Crippen molar-refractivity contribution in [3.8, 4) is 5.75 Å². The van der Waals surface area contributed by atoms with Crippen molar-refractivity contribution in [3.05, 3.63) is 54.4 Å². The molecule has 2 rings (SSSR count). The molecular formula is C16H15F3N2O2. The third kappa shape index (κ3) is 4.98. The van der Waals surface area contributed by atoms with Crippen molar-refractivity contribution in [2.45, 2.75) is 19.7 Å². The summed E-state index contributed by atoms with van der Waals surface area (Å²) in [5, 5.41) is 0. The highest BCUT2D eigenvalue weighted by Gasteiger charge is 2.31. The zero-order valence-corrected chi connectivity index (χ0v) is 12.4. The minimum atomic E-state index is -4.75. The van der Waals surface area contributed by atoms with E-state index in [1.54, 1.807) is 35.5 Å². The van der Waals surface area contributed by atoms with Gasteiger partial charge in [0.2, 0.25) is 5.91 Å². The predicted molar refractivity (Wildman–Crippen MR) is 79.1 cm³/mol. The maximum Gasteiger partial charge on any atom is 0.573 e. The van der Waals surface area contributed by atoms with E-state index in [9.17, 15) is 18.0 Å². The lowest BCUT2D eigenvalue weighted by Crippen LogP contribution is -2.32. The van der Waals surface area contributed by atoms with Crippen molar-refractivity contribution in [2.24, 2.45) is 0 Å². The summed E-state index contributed by atoms with van der Waals surface area (Å²) in [5.74, 6) is -0.558. The Labute approximate surface area is 131 Å². The van der Waals surface area contributed by atoms with Gasteiger partial charge in [-0.3, -0.25) is 9.78 Å². The van der Waals surface area contributed by atoms with E-state index in [1.807, 2.05) is 6.92 Å². The lowest BCUT2D eigenvalue weighted by atomic mass is 10.1. The quantitative estimate of drug-likeness (QED) is 0.844. The number of ether oxygens (including phenoxy) is 1. The Hall–Kier alpha value is -2.57. The summed E-state index contributed by atoms with van der Waals surface area (Å²) in [5.41, 5.74) is 1.14. The Kier molecular flexibility index (Phi) is 5.20. The number of halogens is 3. The van der Waals surface area contributed by atoms with E-state index >= 15 is 0 Å². The fourth-order valence-electron chi connectivity index (χ4n) is 2.15. The molecule has 1 aromatic heterocycles. The number of rotatable bonds is 5. The molecular weight excluding hydrogens is 309 g/mol. The zero-order valence-electron chi connectivity index (χ0n) is 12.4. The number of nitrogens with zero attached hydrogens (tertiary/aromatic N) is 2. The largest absolute Gasteiger partial charge is 0.573 e. The Morgan fingerprint density at radius 3 is 2.52 bits per heavy atom. The maximum absolute atomic E-state index is 12.4. The molecule has 7 heteroatoms. The number of benzene rings is 1. The van der Waals surface area contributed by atoms with Gasteiger partial charge in [-0.05, 0) is 36.8 Å². The van der Waals surface area contributed by atoms with Crippen molar-refractivity contribution >= 4 is 11.6 Å². The van der Waals surface area contributed by atoms with E-state index < -0.39 is 6.36 Å². The Morgan fingerprint density at radius 2 is 1.91 bits per heavy atom. The number of hydrogen-bond donors (Lipinski definition) is 0. The van der Waals surface area contributed by atoms with Crippen LogP contribution in [0.25, 0.3) is 0 Å². The van der Waals surface area contributed by atoms with Crippen LogP contribution in [0.15, 0.2) is 48.8 Å². The molecule has 0 saturated heterocycles. The Balaban J connectivity index is 2.12. The molecule has 1 heterocycles. The van der Waals surface area contributed by atoms with Crippen LogP contribution in [-0.4, -0.2) is 23.8 Å². The molecule has 1 amide bonds. The van der Waals surface area contributed by atoms with Crippen LogP contribution in [0.5, 0.6) is 5.75 Å². The molecule has 4 nitrogen and oxygen atoms in total. The lowest BCUT2D eigenvalue weighted by Gasteiger charge is -2.21. The van der Waals surface area contributed by atoms with Crippen molar-refractivity contribution in [3.63, 3.8) is 0 Å². The van der Waals surface area contributed by atoms with Gasteiger partial charge in [-0.25, -0.2) is 0 Å². The highest BCUT2D eigenvalue weighted by atomic mass is 19.4. The van der Waals surface area contributed by atoms with Gasteiger partial charge in [0, 0.05) is 24.6 Å². The molecule has 0 atom stereocenters. The molecule has 1 aromatic carbocycles. The first-order valence-corrected chi connectivity index (χ1v) is 6.94. The highest BCUT2D eigenvalue weighted by Crippen LogP contribution is 2.24. The van der Waals surface area contributed by atoms with Gasteiger partial charge in [0.05, 0.1) is 6.42 Å². The topological polar surface area (TPSA) is 42.4 Å². The number of aromatic nitrogens is 1. The second-order valence-corrected chi connectivity index (χ2v) is 4.72. The van der Waals surface area contributed by atoms with E-state index in [4.69, 9.17) is 0 Å². The first kappa shape index (κ1) is 16.8. The van der Waals surface area contributed by atoms with Crippen LogP contribution in [0.1, 0.15) is 12.5 Å². The molecule has 122 valence electrons. The zero-order chi connectivity index (χ0) is 16.9. The van der Waals surface area contributed by atoms with Crippen LogP contribution in [-0.2, 0) is 11.2 Å². The standard InChI is InChI=1S/C16H15F3N2O2/c1-2-21(13-6-8-20-9-7-13)15(22)11-12-4-3-5-14(10-12)23-16(17,18)19/h3-10H,2,11H2,1H3. The summed E-state index contributed by atoms with van der Waals surface area (Å²) in [7, 11) is 0. The van der Waals surface area contributed by atoms with Crippen LogP contribution in [0.2, 0.25) is 0 Å². The number of pyridine rings is 1. The van der Waals surface area contributed by atoms with Crippen molar-refractivity contribution < 1.29 is 22.7 Å². The number of carbonyl (C=O) groups excluding carboxylic acids is 1. The first-order valence-electron chi connectivity index (χ1n) is 6.94. The number of hydrogen-bond acceptors (Lipinski definition) is 3. The maximum atomic E-state index is 12.4. The average Bonchev–Trinajstić information content (AvgIpc) is 2.47. The number of carbonyl (C=O) groups is 1. The summed E-state index contributed by atoms with van der Waals surface area (Å²) in [4.78, 5) is 17.8. The van der Waals surface area contributed by atoms with Crippen LogP contribution in [0, 0.1) is 0 Å². The smallest absolute Gasteiger partial charge is 0.406 e. The van der Waals surface area contributed by atoms with Gasteiger partial charge in [-0.1, -0.05) is 12.1 Å². The molecule has 0 aliphatic carbocycles. The molecule has 0 fully saturated rings. The van der Waals surface area contributed by atoms with Crippen LogP contribution in [0.3, 0.4) is 0 Å². The fraction of sp³-hybridized carbons (Fsp3) is 0.250. The second-order valence-electron chi connectivity index (χ2n) is 4.72. The number of amides is 1. The lowest BCUT2D eigenvalue weighted by molar-refractivity contribution is -0.274. The minimum Gasteiger partial charge on any atom is -0.406 e. The van der Waals surface area contributed by atoms with E-state index in [2.05, 4.69) is 9.72 Å². The normalized spacial score (nSPS) is 11.1. The van der Waals surface area contributed by atoms with E-state index in [0.717, 1.165) is 0 Å². The molecule has 0 spiro atoms. The molecule has 2 aromatic rings. The van der Waals surface area contributed by atoms with Crippen LogP contribution in [0.4, 0.5) is 18.9 Å². The monoisotopic (exact) mass is 324 g/mol. The fourth-order valence-corrected chi connectivity index (χ4v) is 2.15. The third-order valence-corrected chi connectivity index (χ3v) is 3.08. The molecule has 23 heavy (non-hydrogen) atoms. The predicted octanol–water partition coefficient (Wildman–Crippen LogP) is 3.58. The Bertz CT molecular complexity index is 660. The van der Waals surface area contributed by atoms with Gasteiger partial charge >= 0.3 is 6.36 Å². The summed E-state index contributed by atoms with van der Waals surface area (Å²) in [6, 6.07) is 8.82. The molecule has 0 unspecified atom stereocenters. The molecule has 0 aliphatic heterocycles. The summed E-state index contributed by atoms with van der Waals surface area (Å²) < 4.78 is 40.6. The van der Waals surface area contributed by atoms with E-state index in [0.29, 0.717) is 17.8 Å². The van der Waals surface area contributed by atoms with Crippen molar-refractivity contribution in [2.75, 3.05) is 11.4 Å². The Morgan fingerprint density at radius 1 is 1.22 bits per heavy atom.